The summed E-state index contributed by atoms with van der Waals surface area (Å²) in [5, 5.41) is 0.478. The van der Waals surface area contributed by atoms with E-state index in [-0.39, 0.29) is 0 Å². The van der Waals surface area contributed by atoms with Crippen LogP contribution >= 0.6 is 11.6 Å². The Morgan fingerprint density at radius 1 is 1.22 bits per heavy atom. The highest BCUT2D eigenvalue weighted by molar-refractivity contribution is 6.34. The van der Waals surface area contributed by atoms with E-state index in [2.05, 4.69) is 9.97 Å². The Bertz CT molecular complexity index is 676. The van der Waals surface area contributed by atoms with Gasteiger partial charge in [-0.15, -0.1) is 0 Å². The number of benzene rings is 1. The second kappa shape index (κ2) is 4.31. The molecule has 0 aliphatic rings. The minimum Gasteiger partial charge on any atom is -0.495 e. The maximum Gasteiger partial charge on any atom is 0.230 e. The first kappa shape index (κ1) is 11.0. The number of halogens is 1. The number of ether oxygens (including phenoxy) is 1. The number of hydrogen-bond donors (Lipinski definition) is 0. The molecule has 2 aromatic heterocycles. The fourth-order valence-corrected chi connectivity index (χ4v) is 2.00. The lowest BCUT2D eigenvalue weighted by Gasteiger charge is -2.04. The average molecular weight is 261 g/mol. The van der Waals surface area contributed by atoms with E-state index in [4.69, 9.17) is 20.8 Å². The molecule has 0 saturated carbocycles. The maximum atomic E-state index is 6.23. The summed E-state index contributed by atoms with van der Waals surface area (Å²) >= 11 is 6.23. The summed E-state index contributed by atoms with van der Waals surface area (Å²) in [6.07, 6.45) is 1.67. The Morgan fingerprint density at radius 2 is 2.11 bits per heavy atom. The van der Waals surface area contributed by atoms with Gasteiger partial charge in [-0.05, 0) is 24.3 Å². The van der Waals surface area contributed by atoms with Crippen molar-refractivity contribution in [3.05, 3.63) is 41.6 Å². The molecule has 90 valence electrons. The number of nitrogens with zero attached hydrogens (tertiary/aromatic N) is 2. The van der Waals surface area contributed by atoms with Crippen LogP contribution in [0.5, 0.6) is 5.75 Å². The second-order valence-corrected chi connectivity index (χ2v) is 4.04. The quantitative estimate of drug-likeness (QED) is 0.707. The molecule has 0 bridgehead atoms. The van der Waals surface area contributed by atoms with Gasteiger partial charge in [0.1, 0.15) is 5.75 Å². The molecule has 4 nitrogen and oxygen atoms in total. The van der Waals surface area contributed by atoms with E-state index < -0.39 is 0 Å². The summed E-state index contributed by atoms with van der Waals surface area (Å²) < 4.78 is 10.8. The lowest BCUT2D eigenvalue weighted by atomic mass is 10.2. The van der Waals surface area contributed by atoms with Crippen LogP contribution in [0.4, 0.5) is 0 Å². The van der Waals surface area contributed by atoms with Crippen molar-refractivity contribution in [3.63, 3.8) is 0 Å². The van der Waals surface area contributed by atoms with E-state index in [1.807, 2.05) is 18.2 Å². The maximum absolute atomic E-state index is 6.23. The molecule has 2 heterocycles. The van der Waals surface area contributed by atoms with Gasteiger partial charge in [-0.1, -0.05) is 17.7 Å². The average Bonchev–Trinajstić information content (AvgIpc) is 2.82. The fourth-order valence-electron chi connectivity index (χ4n) is 1.72. The molecule has 0 saturated heterocycles. The van der Waals surface area contributed by atoms with Crippen LogP contribution < -0.4 is 4.74 Å². The Kier molecular flexibility index (Phi) is 2.64. The molecule has 0 unspecified atom stereocenters. The minimum atomic E-state index is 0.438. The molecular weight excluding hydrogens is 252 g/mol. The highest BCUT2D eigenvalue weighted by atomic mass is 35.5. The van der Waals surface area contributed by atoms with Gasteiger partial charge in [0, 0.05) is 6.20 Å². The molecule has 18 heavy (non-hydrogen) atoms. The van der Waals surface area contributed by atoms with E-state index in [9.17, 15) is 0 Å². The summed E-state index contributed by atoms with van der Waals surface area (Å²) in [5.41, 5.74) is 1.88. The van der Waals surface area contributed by atoms with Gasteiger partial charge in [0.25, 0.3) is 0 Å². The van der Waals surface area contributed by atoms with Crippen LogP contribution in [0, 0.1) is 0 Å². The second-order valence-electron chi connectivity index (χ2n) is 3.67. The molecule has 0 aliphatic heterocycles. The number of oxazole rings is 1. The smallest absolute Gasteiger partial charge is 0.230 e. The summed E-state index contributed by atoms with van der Waals surface area (Å²) in [4.78, 5) is 8.42. The van der Waals surface area contributed by atoms with Crippen molar-refractivity contribution >= 4 is 22.8 Å². The van der Waals surface area contributed by atoms with Crippen LogP contribution in [0.3, 0.4) is 0 Å². The number of pyridine rings is 1. The van der Waals surface area contributed by atoms with Crippen molar-refractivity contribution in [1.82, 2.24) is 9.97 Å². The Morgan fingerprint density at radius 3 is 2.89 bits per heavy atom. The van der Waals surface area contributed by atoms with E-state index in [0.29, 0.717) is 33.5 Å². The molecule has 0 N–H and O–H groups in total. The topological polar surface area (TPSA) is 48.2 Å². The summed E-state index contributed by atoms with van der Waals surface area (Å²) in [6, 6.07) is 9.06. The van der Waals surface area contributed by atoms with Crippen molar-refractivity contribution in [3.8, 4) is 17.2 Å². The van der Waals surface area contributed by atoms with Crippen molar-refractivity contribution in [2.24, 2.45) is 0 Å². The summed E-state index contributed by atoms with van der Waals surface area (Å²) in [7, 11) is 1.57. The van der Waals surface area contributed by atoms with Crippen LogP contribution in [-0.4, -0.2) is 17.1 Å². The number of rotatable bonds is 2. The van der Waals surface area contributed by atoms with Gasteiger partial charge >= 0.3 is 0 Å². The van der Waals surface area contributed by atoms with Crippen molar-refractivity contribution < 1.29 is 9.15 Å². The lowest BCUT2D eigenvalue weighted by molar-refractivity contribution is 0.415. The minimum absolute atomic E-state index is 0.438. The molecule has 0 fully saturated rings. The normalized spacial score (nSPS) is 10.8. The number of aromatic nitrogens is 2. The first-order valence-corrected chi connectivity index (χ1v) is 5.72. The molecule has 1 aromatic carbocycles. The predicted octanol–water partition coefficient (Wildman–Crippen LogP) is 3.55. The summed E-state index contributed by atoms with van der Waals surface area (Å²) in [6.45, 7) is 0. The fraction of sp³-hybridized carbons (Fsp3) is 0.0769. The van der Waals surface area contributed by atoms with E-state index in [1.54, 1.807) is 25.4 Å². The van der Waals surface area contributed by atoms with Gasteiger partial charge in [0.2, 0.25) is 5.89 Å². The zero-order valence-corrected chi connectivity index (χ0v) is 10.3. The van der Waals surface area contributed by atoms with Crippen molar-refractivity contribution in [2.45, 2.75) is 0 Å². The molecule has 0 spiro atoms. The molecule has 5 heteroatoms. The monoisotopic (exact) mass is 260 g/mol. The Hall–Kier alpha value is -2.07. The largest absolute Gasteiger partial charge is 0.495 e. The predicted molar refractivity (Wildman–Crippen MR) is 68.8 cm³/mol. The number of hydrogen-bond acceptors (Lipinski definition) is 4. The Labute approximate surface area is 108 Å². The van der Waals surface area contributed by atoms with E-state index in [1.165, 1.54) is 0 Å². The first-order valence-electron chi connectivity index (χ1n) is 5.34. The molecule has 3 rings (SSSR count). The van der Waals surface area contributed by atoms with Crippen molar-refractivity contribution in [1.29, 1.82) is 0 Å². The van der Waals surface area contributed by atoms with Gasteiger partial charge < -0.3 is 9.15 Å². The van der Waals surface area contributed by atoms with Crippen LogP contribution in [-0.2, 0) is 0 Å². The highest BCUT2D eigenvalue weighted by Crippen LogP contribution is 2.35. The van der Waals surface area contributed by atoms with Crippen LogP contribution in [0.15, 0.2) is 40.9 Å². The van der Waals surface area contributed by atoms with Gasteiger partial charge in [-0.3, -0.25) is 0 Å². The number of methoxy groups -OCH3 is 1. The molecule has 3 aromatic rings. The zero-order chi connectivity index (χ0) is 12.5. The van der Waals surface area contributed by atoms with Crippen LogP contribution in [0.25, 0.3) is 22.7 Å². The molecule has 0 atom stereocenters. The van der Waals surface area contributed by atoms with Gasteiger partial charge in [-0.2, -0.15) is 4.98 Å². The Balaban J connectivity index is 2.20. The SMILES string of the molecule is COc1cccc(-c2nc3ncccc3o2)c1Cl. The molecule has 0 amide bonds. The zero-order valence-electron chi connectivity index (χ0n) is 9.55. The summed E-state index contributed by atoms with van der Waals surface area (Å²) in [5.74, 6) is 1.02. The molecular formula is C13H9ClN2O2. The third-order valence-corrected chi connectivity index (χ3v) is 2.97. The van der Waals surface area contributed by atoms with E-state index in [0.717, 1.165) is 0 Å². The highest BCUT2D eigenvalue weighted by Gasteiger charge is 2.14. The molecule has 0 radical (unpaired) electrons. The first-order chi connectivity index (χ1) is 8.79. The number of fused-ring (bicyclic) bond motifs is 1. The standard InChI is InChI=1S/C13H9ClN2O2/c1-17-9-5-2-4-8(11(9)14)13-16-12-10(18-13)6-3-7-15-12/h2-7H,1H3. The van der Waals surface area contributed by atoms with Crippen molar-refractivity contribution in [2.75, 3.05) is 7.11 Å². The third kappa shape index (κ3) is 1.71. The van der Waals surface area contributed by atoms with Gasteiger partial charge in [0.05, 0.1) is 17.7 Å². The van der Waals surface area contributed by atoms with Crippen LogP contribution in [0.2, 0.25) is 5.02 Å². The lowest BCUT2D eigenvalue weighted by Crippen LogP contribution is -1.86. The van der Waals surface area contributed by atoms with Crippen LogP contribution in [0.1, 0.15) is 0 Å². The van der Waals surface area contributed by atoms with E-state index >= 15 is 0 Å². The molecule has 0 aliphatic carbocycles. The van der Waals surface area contributed by atoms with Gasteiger partial charge in [-0.25, -0.2) is 4.98 Å². The third-order valence-electron chi connectivity index (χ3n) is 2.58. The van der Waals surface area contributed by atoms with Gasteiger partial charge in [0.15, 0.2) is 11.2 Å².